The van der Waals surface area contributed by atoms with Crippen LogP contribution in [0.15, 0.2) is 27.5 Å². The molecule has 1 fully saturated rings. The van der Waals surface area contributed by atoms with Crippen molar-refractivity contribution in [1.29, 1.82) is 0 Å². The molecule has 2 N–H and O–H groups in total. The van der Waals surface area contributed by atoms with Crippen molar-refractivity contribution in [2.75, 3.05) is 26.2 Å². The van der Waals surface area contributed by atoms with Gasteiger partial charge in [-0.15, -0.1) is 0 Å². The van der Waals surface area contributed by atoms with E-state index in [9.17, 15) is 4.79 Å². The van der Waals surface area contributed by atoms with Gasteiger partial charge in [-0.1, -0.05) is 18.1 Å². The van der Waals surface area contributed by atoms with E-state index in [0.29, 0.717) is 18.4 Å². The second kappa shape index (κ2) is 10.0. The van der Waals surface area contributed by atoms with Crippen LogP contribution in [0.2, 0.25) is 0 Å². The monoisotopic (exact) mass is 463 g/mol. The van der Waals surface area contributed by atoms with Crippen LogP contribution in [0.25, 0.3) is 11.0 Å². The van der Waals surface area contributed by atoms with Crippen molar-refractivity contribution in [3.63, 3.8) is 0 Å². The van der Waals surface area contributed by atoms with Gasteiger partial charge in [0.1, 0.15) is 5.82 Å². The van der Waals surface area contributed by atoms with Crippen molar-refractivity contribution < 1.29 is 4.52 Å². The highest BCUT2D eigenvalue weighted by atomic mass is 16.5. The van der Waals surface area contributed by atoms with E-state index in [4.69, 9.17) is 15.2 Å². The number of rotatable bonds is 7. The van der Waals surface area contributed by atoms with Crippen molar-refractivity contribution in [2.45, 2.75) is 77.2 Å². The van der Waals surface area contributed by atoms with E-state index in [2.05, 4.69) is 35.2 Å². The number of fused-ring (bicyclic) bond motifs is 2. The third kappa shape index (κ3) is 4.56. The number of nitrogens with zero attached hydrogens (tertiary/aromatic N) is 4. The van der Waals surface area contributed by atoms with Gasteiger partial charge in [-0.25, -0.2) is 4.98 Å². The lowest BCUT2D eigenvalue weighted by atomic mass is 9.91. The summed E-state index contributed by atoms with van der Waals surface area (Å²) in [5, 5.41) is 5.60. The van der Waals surface area contributed by atoms with Gasteiger partial charge in [0, 0.05) is 41.6 Å². The van der Waals surface area contributed by atoms with Crippen LogP contribution >= 0.6 is 0 Å². The average molecular weight is 464 g/mol. The Morgan fingerprint density at radius 1 is 1.15 bits per heavy atom. The van der Waals surface area contributed by atoms with E-state index in [1.165, 1.54) is 5.56 Å². The van der Waals surface area contributed by atoms with Crippen LogP contribution in [0.3, 0.4) is 0 Å². The number of benzene rings is 1. The molecule has 1 saturated heterocycles. The van der Waals surface area contributed by atoms with Gasteiger partial charge in [-0.05, 0) is 89.2 Å². The maximum atomic E-state index is 13.1. The third-order valence-electron chi connectivity index (χ3n) is 7.84. The summed E-state index contributed by atoms with van der Waals surface area (Å²) in [6, 6.07) is 6.46. The van der Waals surface area contributed by atoms with Crippen molar-refractivity contribution in [1.82, 2.24) is 19.6 Å². The number of hydrogen-bond donors (Lipinski definition) is 1. The summed E-state index contributed by atoms with van der Waals surface area (Å²) in [7, 11) is 0. The van der Waals surface area contributed by atoms with E-state index >= 15 is 0 Å². The summed E-state index contributed by atoms with van der Waals surface area (Å²) in [5.41, 5.74) is 10.9. The zero-order valence-electron chi connectivity index (χ0n) is 20.6. The van der Waals surface area contributed by atoms with Gasteiger partial charge in [0.15, 0.2) is 5.58 Å². The fourth-order valence-corrected chi connectivity index (χ4v) is 5.74. The minimum atomic E-state index is 0.184. The molecule has 4 heterocycles. The van der Waals surface area contributed by atoms with Gasteiger partial charge >= 0.3 is 0 Å². The van der Waals surface area contributed by atoms with E-state index in [1.54, 1.807) is 0 Å². The first-order valence-electron chi connectivity index (χ1n) is 13.0. The highest BCUT2D eigenvalue weighted by molar-refractivity contribution is 5.80. The number of nitrogens with two attached hydrogens (primary N) is 1. The van der Waals surface area contributed by atoms with Gasteiger partial charge in [-0.2, -0.15) is 0 Å². The Kier molecular flexibility index (Phi) is 6.84. The molecule has 0 saturated carbocycles. The van der Waals surface area contributed by atoms with E-state index in [1.807, 2.05) is 11.5 Å². The maximum Gasteiger partial charge on any atom is 0.256 e. The van der Waals surface area contributed by atoms with Crippen LogP contribution in [0, 0.1) is 6.92 Å². The van der Waals surface area contributed by atoms with Crippen molar-refractivity contribution in [3.8, 4) is 0 Å². The van der Waals surface area contributed by atoms with E-state index < -0.39 is 0 Å². The van der Waals surface area contributed by atoms with Crippen LogP contribution in [-0.2, 0) is 19.4 Å². The molecule has 0 bridgehead atoms. The van der Waals surface area contributed by atoms with Crippen molar-refractivity contribution >= 4 is 11.0 Å². The minimum absolute atomic E-state index is 0.184. The Hall–Kier alpha value is -2.51. The highest BCUT2D eigenvalue weighted by Gasteiger charge is 2.26. The first-order valence-corrected chi connectivity index (χ1v) is 13.0. The second-order valence-electron chi connectivity index (χ2n) is 10.2. The predicted octanol–water partition coefficient (Wildman–Crippen LogP) is 3.90. The molecule has 5 rings (SSSR count). The van der Waals surface area contributed by atoms with Crippen molar-refractivity contribution in [2.24, 2.45) is 5.73 Å². The smallest absolute Gasteiger partial charge is 0.256 e. The topological polar surface area (TPSA) is 90.2 Å². The zero-order valence-corrected chi connectivity index (χ0v) is 20.6. The molecule has 1 unspecified atom stereocenters. The normalized spacial score (nSPS) is 19.6. The molecule has 0 radical (unpaired) electrons. The standard InChI is InChI=1S/C27H37N5O2/c1-18-5-4-13-32-26(18)29-19(2)22(27(32)33)11-16-31-14-9-21(10-15-31)25-23-8-7-20(6-3-12-28)17-24(23)34-30-25/h7-8,17-18,21H,3-6,9-16,28H2,1-2H3. The molecule has 0 amide bonds. The fourth-order valence-electron chi connectivity index (χ4n) is 5.74. The Balaban J connectivity index is 1.21. The number of piperidine rings is 1. The molecule has 182 valence electrons. The third-order valence-corrected chi connectivity index (χ3v) is 7.84. The van der Waals surface area contributed by atoms with Crippen LogP contribution in [0.5, 0.6) is 0 Å². The summed E-state index contributed by atoms with van der Waals surface area (Å²) in [6.45, 7) is 8.64. The Bertz CT molecular complexity index is 1210. The minimum Gasteiger partial charge on any atom is -0.356 e. The average Bonchev–Trinajstić information content (AvgIpc) is 3.27. The number of aryl methyl sites for hydroxylation is 2. The van der Waals surface area contributed by atoms with Gasteiger partial charge in [0.05, 0.1) is 5.69 Å². The zero-order chi connectivity index (χ0) is 23.7. The van der Waals surface area contributed by atoms with Gasteiger partial charge in [0.2, 0.25) is 0 Å². The predicted molar refractivity (Wildman–Crippen MR) is 134 cm³/mol. The first-order chi connectivity index (χ1) is 16.5. The number of likely N-dealkylation sites (tertiary alicyclic amines) is 1. The SMILES string of the molecule is Cc1nc2n(c(=O)c1CCN1CCC(c3noc4cc(CCCN)ccc34)CC1)CCCC2C. The molecule has 1 aromatic carbocycles. The lowest BCUT2D eigenvalue weighted by molar-refractivity contribution is 0.211. The Morgan fingerprint density at radius 3 is 2.76 bits per heavy atom. The largest absolute Gasteiger partial charge is 0.356 e. The Labute approximate surface area is 201 Å². The molecule has 34 heavy (non-hydrogen) atoms. The van der Waals surface area contributed by atoms with Crippen LogP contribution in [-0.4, -0.2) is 45.8 Å². The summed E-state index contributed by atoms with van der Waals surface area (Å²) in [5.74, 6) is 1.77. The molecular formula is C27H37N5O2. The van der Waals surface area contributed by atoms with Gasteiger partial charge in [0.25, 0.3) is 5.56 Å². The summed E-state index contributed by atoms with van der Waals surface area (Å²) in [4.78, 5) is 20.5. The molecular weight excluding hydrogens is 426 g/mol. The van der Waals surface area contributed by atoms with Crippen LogP contribution in [0.4, 0.5) is 0 Å². The number of aromatic nitrogens is 3. The van der Waals surface area contributed by atoms with Crippen LogP contribution < -0.4 is 11.3 Å². The van der Waals surface area contributed by atoms with E-state index in [0.717, 1.165) is 105 Å². The summed E-state index contributed by atoms with van der Waals surface area (Å²) in [6.07, 6.45) is 7.05. The van der Waals surface area contributed by atoms with Gasteiger partial charge < -0.3 is 15.2 Å². The van der Waals surface area contributed by atoms with E-state index in [-0.39, 0.29) is 5.56 Å². The molecule has 0 spiro atoms. The first kappa shape index (κ1) is 23.2. The molecule has 7 nitrogen and oxygen atoms in total. The molecule has 7 heteroatoms. The van der Waals surface area contributed by atoms with Crippen LogP contribution in [0.1, 0.15) is 79.2 Å². The molecule has 0 aliphatic carbocycles. The quantitative estimate of drug-likeness (QED) is 0.571. The fraction of sp³-hybridized carbons (Fsp3) is 0.593. The summed E-state index contributed by atoms with van der Waals surface area (Å²) < 4.78 is 7.63. The summed E-state index contributed by atoms with van der Waals surface area (Å²) >= 11 is 0. The maximum absolute atomic E-state index is 13.1. The lowest BCUT2D eigenvalue weighted by Gasteiger charge is -2.31. The Morgan fingerprint density at radius 2 is 1.97 bits per heavy atom. The molecule has 2 aliphatic heterocycles. The second-order valence-corrected chi connectivity index (χ2v) is 10.2. The molecule has 2 aliphatic rings. The molecule has 2 aromatic heterocycles. The van der Waals surface area contributed by atoms with Gasteiger partial charge in [-0.3, -0.25) is 9.36 Å². The van der Waals surface area contributed by atoms with Crippen molar-refractivity contribution in [3.05, 3.63) is 56.9 Å². The molecule has 3 aromatic rings. The lowest BCUT2D eigenvalue weighted by Crippen LogP contribution is -2.37. The number of hydrogen-bond acceptors (Lipinski definition) is 6. The highest BCUT2D eigenvalue weighted by Crippen LogP contribution is 2.33. The molecule has 1 atom stereocenters.